The highest BCUT2D eigenvalue weighted by Gasteiger charge is 2.33. The van der Waals surface area contributed by atoms with Gasteiger partial charge in [0, 0.05) is 11.9 Å². The number of anilines is 1. The normalized spacial score (nSPS) is 11.3. The Labute approximate surface area is 77.1 Å². The van der Waals surface area contributed by atoms with Crippen molar-refractivity contribution in [3.8, 4) is 0 Å². The molecule has 1 N–H and O–H groups in total. The molecule has 0 aliphatic heterocycles. The molecule has 13 heavy (non-hydrogen) atoms. The summed E-state index contributed by atoms with van der Waals surface area (Å²) >= 11 is 0.926. The maximum atomic E-state index is 12.0. The Morgan fingerprint density at radius 1 is 1.62 bits per heavy atom. The van der Waals surface area contributed by atoms with Crippen molar-refractivity contribution in [3.05, 3.63) is 23.7 Å². The van der Waals surface area contributed by atoms with Crippen LogP contribution in [0, 0.1) is 0 Å². The highest BCUT2D eigenvalue weighted by Crippen LogP contribution is 2.31. The van der Waals surface area contributed by atoms with Crippen molar-refractivity contribution in [2.24, 2.45) is 0 Å². The number of halogens is 3. The molecule has 1 rings (SSSR count). The minimum absolute atomic E-state index is 0.257. The van der Waals surface area contributed by atoms with Gasteiger partial charge >= 0.3 is 6.18 Å². The van der Waals surface area contributed by atoms with Crippen LogP contribution in [0.3, 0.4) is 0 Å². The summed E-state index contributed by atoms with van der Waals surface area (Å²) in [6.45, 7) is 3.83. The second kappa shape index (κ2) is 3.78. The van der Waals surface area contributed by atoms with Crippen LogP contribution in [0.5, 0.6) is 0 Å². The van der Waals surface area contributed by atoms with E-state index in [0.29, 0.717) is 6.54 Å². The van der Waals surface area contributed by atoms with E-state index in [4.69, 9.17) is 0 Å². The molecule has 0 amide bonds. The molecule has 0 saturated carbocycles. The first-order valence-electron chi connectivity index (χ1n) is 3.41. The Bertz CT molecular complexity index is 292. The fourth-order valence-corrected chi connectivity index (χ4v) is 1.37. The zero-order valence-electron chi connectivity index (χ0n) is 6.56. The van der Waals surface area contributed by atoms with Crippen molar-refractivity contribution in [2.45, 2.75) is 6.18 Å². The van der Waals surface area contributed by atoms with Gasteiger partial charge in [0.15, 0.2) is 10.8 Å². The van der Waals surface area contributed by atoms with Gasteiger partial charge in [-0.05, 0) is 0 Å². The average molecular weight is 208 g/mol. The summed E-state index contributed by atoms with van der Waals surface area (Å²) in [7, 11) is 0. The van der Waals surface area contributed by atoms with Gasteiger partial charge in [-0.3, -0.25) is 0 Å². The molecule has 0 unspecified atom stereocenters. The number of hydrogen-bond donors (Lipinski definition) is 1. The van der Waals surface area contributed by atoms with Crippen LogP contribution in [0.4, 0.5) is 18.3 Å². The van der Waals surface area contributed by atoms with Gasteiger partial charge in [0.2, 0.25) is 0 Å². The van der Waals surface area contributed by atoms with Crippen LogP contribution in [-0.4, -0.2) is 11.5 Å². The second-order valence-electron chi connectivity index (χ2n) is 2.21. The minimum atomic E-state index is -4.36. The molecule has 0 aliphatic rings. The molecule has 1 heterocycles. The van der Waals surface area contributed by atoms with Crippen LogP contribution in [0.25, 0.3) is 0 Å². The molecule has 1 aromatic heterocycles. The van der Waals surface area contributed by atoms with Gasteiger partial charge in [-0.2, -0.15) is 13.2 Å². The summed E-state index contributed by atoms with van der Waals surface area (Å²) in [5.41, 5.74) is -0.857. The number of rotatable bonds is 3. The number of hydrogen-bond acceptors (Lipinski definition) is 3. The zero-order chi connectivity index (χ0) is 9.90. The molecule has 0 atom stereocenters. The summed E-state index contributed by atoms with van der Waals surface area (Å²) in [4.78, 5) is 3.35. The summed E-state index contributed by atoms with van der Waals surface area (Å²) < 4.78 is 36.1. The van der Waals surface area contributed by atoms with E-state index in [0.717, 1.165) is 16.7 Å². The summed E-state index contributed by atoms with van der Waals surface area (Å²) in [5, 5.41) is 3.91. The SMILES string of the molecule is C=CCNc1nc(C(F)(F)F)cs1. The van der Waals surface area contributed by atoms with Crippen molar-refractivity contribution >= 4 is 16.5 Å². The van der Waals surface area contributed by atoms with Crippen LogP contribution in [0.1, 0.15) is 5.69 Å². The maximum Gasteiger partial charge on any atom is 0.434 e. The molecule has 2 nitrogen and oxygen atoms in total. The van der Waals surface area contributed by atoms with E-state index in [9.17, 15) is 13.2 Å². The third-order valence-corrected chi connectivity index (χ3v) is 1.99. The van der Waals surface area contributed by atoms with E-state index in [1.54, 1.807) is 6.08 Å². The molecule has 0 aromatic carbocycles. The molecule has 0 aliphatic carbocycles. The average Bonchev–Trinajstić information content (AvgIpc) is 2.47. The van der Waals surface area contributed by atoms with E-state index in [1.807, 2.05) is 0 Å². The first-order valence-corrected chi connectivity index (χ1v) is 4.29. The first kappa shape index (κ1) is 10.0. The highest BCUT2D eigenvalue weighted by molar-refractivity contribution is 7.13. The van der Waals surface area contributed by atoms with Gasteiger partial charge in [-0.1, -0.05) is 6.08 Å². The second-order valence-corrected chi connectivity index (χ2v) is 3.06. The largest absolute Gasteiger partial charge is 0.434 e. The fourth-order valence-electron chi connectivity index (χ4n) is 0.645. The van der Waals surface area contributed by atoms with Crippen molar-refractivity contribution in [2.75, 3.05) is 11.9 Å². The first-order chi connectivity index (χ1) is 6.04. The molecule has 0 bridgehead atoms. The maximum absolute atomic E-state index is 12.0. The molecule has 1 aromatic rings. The van der Waals surface area contributed by atoms with Gasteiger partial charge in [0.1, 0.15) is 0 Å². The van der Waals surface area contributed by atoms with Gasteiger partial charge < -0.3 is 5.32 Å². The molecule has 0 saturated heterocycles. The van der Waals surface area contributed by atoms with Crippen molar-refractivity contribution in [1.29, 1.82) is 0 Å². The van der Waals surface area contributed by atoms with E-state index in [1.165, 1.54) is 0 Å². The van der Waals surface area contributed by atoms with Crippen LogP contribution in [-0.2, 0) is 6.18 Å². The topological polar surface area (TPSA) is 24.9 Å². The number of alkyl halides is 3. The Kier molecular flexibility index (Phi) is 2.92. The number of nitrogens with one attached hydrogen (secondary N) is 1. The number of thiazole rings is 1. The van der Waals surface area contributed by atoms with Gasteiger partial charge in [-0.15, -0.1) is 17.9 Å². The van der Waals surface area contributed by atoms with Crippen molar-refractivity contribution in [1.82, 2.24) is 4.98 Å². The van der Waals surface area contributed by atoms with E-state index >= 15 is 0 Å². The standard InChI is InChI=1S/C7H7F3N2S/c1-2-3-11-6-12-5(4-13-6)7(8,9)10/h2,4H,1,3H2,(H,11,12). The Balaban J connectivity index is 2.69. The lowest BCUT2D eigenvalue weighted by atomic mass is 10.5. The lowest BCUT2D eigenvalue weighted by molar-refractivity contribution is -0.140. The van der Waals surface area contributed by atoms with E-state index < -0.39 is 11.9 Å². The van der Waals surface area contributed by atoms with E-state index in [2.05, 4.69) is 16.9 Å². The third-order valence-electron chi connectivity index (χ3n) is 1.19. The van der Waals surface area contributed by atoms with Crippen LogP contribution < -0.4 is 5.32 Å². The zero-order valence-corrected chi connectivity index (χ0v) is 7.37. The smallest absolute Gasteiger partial charge is 0.358 e. The lowest BCUT2D eigenvalue weighted by Gasteiger charge is -2.00. The lowest BCUT2D eigenvalue weighted by Crippen LogP contribution is -2.06. The number of nitrogens with zero attached hydrogens (tertiary/aromatic N) is 1. The molecule has 72 valence electrons. The van der Waals surface area contributed by atoms with Gasteiger partial charge in [-0.25, -0.2) is 4.98 Å². The number of aromatic nitrogens is 1. The molecular weight excluding hydrogens is 201 g/mol. The predicted octanol–water partition coefficient (Wildman–Crippen LogP) is 2.76. The Hall–Kier alpha value is -1.04. The summed E-state index contributed by atoms with van der Waals surface area (Å²) in [5.74, 6) is 0. The van der Waals surface area contributed by atoms with Crippen LogP contribution in [0.2, 0.25) is 0 Å². The monoisotopic (exact) mass is 208 g/mol. The molecule has 0 radical (unpaired) electrons. The fraction of sp³-hybridized carbons (Fsp3) is 0.286. The van der Waals surface area contributed by atoms with E-state index in [-0.39, 0.29) is 5.13 Å². The van der Waals surface area contributed by atoms with Crippen molar-refractivity contribution in [3.63, 3.8) is 0 Å². The highest BCUT2D eigenvalue weighted by atomic mass is 32.1. The van der Waals surface area contributed by atoms with Crippen LogP contribution >= 0.6 is 11.3 Å². The van der Waals surface area contributed by atoms with Crippen molar-refractivity contribution < 1.29 is 13.2 Å². The Morgan fingerprint density at radius 3 is 2.77 bits per heavy atom. The summed E-state index contributed by atoms with van der Waals surface area (Å²) in [6, 6.07) is 0. The molecule has 0 fully saturated rings. The summed E-state index contributed by atoms with van der Waals surface area (Å²) in [6.07, 6.45) is -2.81. The quantitative estimate of drug-likeness (QED) is 0.772. The molecular formula is C7H7F3N2S. The molecule has 6 heteroatoms. The minimum Gasteiger partial charge on any atom is -0.358 e. The Morgan fingerprint density at radius 2 is 2.31 bits per heavy atom. The molecule has 0 spiro atoms. The van der Waals surface area contributed by atoms with Gasteiger partial charge in [0.05, 0.1) is 0 Å². The van der Waals surface area contributed by atoms with Crippen LogP contribution in [0.15, 0.2) is 18.0 Å². The predicted molar refractivity (Wildman–Crippen MR) is 45.8 cm³/mol. The third kappa shape index (κ3) is 2.73. The van der Waals surface area contributed by atoms with Gasteiger partial charge in [0.25, 0.3) is 0 Å².